The van der Waals surface area contributed by atoms with Gasteiger partial charge in [0.2, 0.25) is 0 Å². The summed E-state index contributed by atoms with van der Waals surface area (Å²) in [5, 5.41) is 16.9. The summed E-state index contributed by atoms with van der Waals surface area (Å²) >= 11 is 0. The first-order valence-electron chi connectivity index (χ1n) is 5.94. The summed E-state index contributed by atoms with van der Waals surface area (Å²) < 4.78 is 2.03. The van der Waals surface area contributed by atoms with E-state index in [1.165, 1.54) is 0 Å². The monoisotopic (exact) mass is 223 g/mol. The summed E-state index contributed by atoms with van der Waals surface area (Å²) in [5.74, 6) is 1.60. The number of aromatic nitrogens is 2. The van der Waals surface area contributed by atoms with Gasteiger partial charge >= 0.3 is 0 Å². The van der Waals surface area contributed by atoms with Gasteiger partial charge in [-0.05, 0) is 12.3 Å². The summed E-state index contributed by atoms with van der Waals surface area (Å²) in [5.41, 5.74) is 1.22. The van der Waals surface area contributed by atoms with Gasteiger partial charge in [0.1, 0.15) is 5.82 Å². The smallest absolute Gasteiger partial charge is 0.124 e. The predicted molar refractivity (Wildman–Crippen MR) is 64.6 cm³/mol. The molecule has 1 aliphatic heterocycles. The Balaban J connectivity index is 2.17. The van der Waals surface area contributed by atoms with E-state index >= 15 is 0 Å². The van der Waals surface area contributed by atoms with Gasteiger partial charge in [-0.15, -0.1) is 0 Å². The third kappa shape index (κ3) is 2.21. The molecular formula is C12H21N3O. The quantitative estimate of drug-likeness (QED) is 0.800. The van der Waals surface area contributed by atoms with Gasteiger partial charge in [0.05, 0.1) is 5.69 Å². The Bertz CT molecular complexity index is 365. The number of aliphatic hydroxyl groups excluding tert-OH is 1. The molecular weight excluding hydrogens is 202 g/mol. The highest BCUT2D eigenvalue weighted by atomic mass is 16.3. The van der Waals surface area contributed by atoms with Gasteiger partial charge < -0.3 is 10.4 Å². The number of anilines is 1. The first-order valence-corrected chi connectivity index (χ1v) is 5.94. The van der Waals surface area contributed by atoms with Crippen molar-refractivity contribution < 1.29 is 5.11 Å². The maximum atomic E-state index is 8.94. The second kappa shape index (κ2) is 4.09. The van der Waals surface area contributed by atoms with Crippen LogP contribution in [0.5, 0.6) is 0 Å². The molecule has 90 valence electrons. The minimum atomic E-state index is 0.0957. The molecule has 2 N–H and O–H groups in total. The van der Waals surface area contributed by atoms with E-state index < -0.39 is 0 Å². The van der Waals surface area contributed by atoms with Crippen molar-refractivity contribution >= 4 is 5.82 Å². The van der Waals surface area contributed by atoms with Gasteiger partial charge in [-0.3, -0.25) is 0 Å². The molecule has 0 spiro atoms. The Morgan fingerprint density at radius 1 is 1.56 bits per heavy atom. The van der Waals surface area contributed by atoms with Crippen LogP contribution in [0.1, 0.15) is 32.9 Å². The van der Waals surface area contributed by atoms with E-state index in [1.54, 1.807) is 0 Å². The Morgan fingerprint density at radius 2 is 2.31 bits per heavy atom. The summed E-state index contributed by atoms with van der Waals surface area (Å²) in [4.78, 5) is 0. The highest BCUT2D eigenvalue weighted by Crippen LogP contribution is 2.27. The van der Waals surface area contributed by atoms with Crippen LogP contribution in [0.25, 0.3) is 0 Å². The lowest BCUT2D eigenvalue weighted by atomic mass is 9.92. The third-order valence-electron chi connectivity index (χ3n) is 3.09. The summed E-state index contributed by atoms with van der Waals surface area (Å²) in [7, 11) is 0. The minimum Gasteiger partial charge on any atom is -0.396 e. The maximum Gasteiger partial charge on any atom is 0.124 e. The Morgan fingerprint density at radius 3 is 2.94 bits per heavy atom. The molecule has 4 nitrogen and oxygen atoms in total. The average molecular weight is 223 g/mol. The van der Waals surface area contributed by atoms with Gasteiger partial charge in [-0.2, -0.15) is 5.10 Å². The van der Waals surface area contributed by atoms with Crippen LogP contribution in [0.2, 0.25) is 0 Å². The van der Waals surface area contributed by atoms with E-state index in [9.17, 15) is 0 Å². The highest BCUT2D eigenvalue weighted by molar-refractivity contribution is 5.40. The molecule has 2 rings (SSSR count). The molecule has 0 saturated heterocycles. The number of nitrogens with one attached hydrogen (secondary N) is 1. The molecule has 1 aliphatic rings. The minimum absolute atomic E-state index is 0.0957. The topological polar surface area (TPSA) is 50.1 Å². The van der Waals surface area contributed by atoms with Gasteiger partial charge in [0, 0.05) is 31.2 Å². The number of hydrogen-bond acceptors (Lipinski definition) is 3. The van der Waals surface area contributed by atoms with Crippen molar-refractivity contribution in [3.63, 3.8) is 0 Å². The van der Waals surface area contributed by atoms with Crippen LogP contribution in [0, 0.1) is 5.92 Å². The average Bonchev–Trinajstić information content (AvgIpc) is 2.60. The van der Waals surface area contributed by atoms with E-state index in [1.807, 2.05) is 4.68 Å². The molecule has 0 saturated carbocycles. The highest BCUT2D eigenvalue weighted by Gasteiger charge is 2.24. The lowest BCUT2D eigenvalue weighted by Crippen LogP contribution is -2.28. The molecule has 1 atom stereocenters. The molecule has 0 aromatic carbocycles. The molecule has 0 radical (unpaired) electrons. The first-order chi connectivity index (χ1) is 7.50. The van der Waals surface area contributed by atoms with Crippen molar-refractivity contribution in [3.8, 4) is 0 Å². The fraction of sp³-hybridized carbons (Fsp3) is 0.750. The van der Waals surface area contributed by atoms with Crippen LogP contribution >= 0.6 is 0 Å². The van der Waals surface area contributed by atoms with Gasteiger partial charge in [-0.1, -0.05) is 20.8 Å². The molecule has 0 fully saturated rings. The standard InChI is InChI=1S/C12H21N3O/c1-12(2,3)10-6-11-13-7-9(4-5-16)8-15(11)14-10/h6,9,13,16H,4-5,7-8H2,1-3H3. The molecule has 1 unspecified atom stereocenters. The maximum absolute atomic E-state index is 8.94. The Kier molecular flexibility index (Phi) is 2.93. The summed E-state index contributed by atoms with van der Waals surface area (Å²) in [6.07, 6.45) is 0.844. The molecule has 0 amide bonds. The van der Waals surface area contributed by atoms with E-state index in [-0.39, 0.29) is 12.0 Å². The van der Waals surface area contributed by atoms with Crippen molar-refractivity contribution in [2.24, 2.45) is 5.92 Å². The third-order valence-corrected chi connectivity index (χ3v) is 3.09. The molecule has 0 aliphatic carbocycles. The van der Waals surface area contributed by atoms with E-state index in [0.717, 1.165) is 31.0 Å². The van der Waals surface area contributed by atoms with Crippen LogP contribution in [0.4, 0.5) is 5.82 Å². The van der Waals surface area contributed by atoms with Crippen LogP contribution in [0.3, 0.4) is 0 Å². The van der Waals surface area contributed by atoms with Gasteiger partial charge in [0.15, 0.2) is 0 Å². The van der Waals surface area contributed by atoms with E-state index in [4.69, 9.17) is 5.11 Å². The van der Waals surface area contributed by atoms with Crippen LogP contribution in [-0.2, 0) is 12.0 Å². The normalized spacial score (nSPS) is 20.4. The predicted octanol–water partition coefficient (Wildman–Crippen LogP) is 1.60. The summed E-state index contributed by atoms with van der Waals surface area (Å²) in [6, 6.07) is 2.13. The number of fused-ring (bicyclic) bond motifs is 1. The van der Waals surface area contributed by atoms with Crippen molar-refractivity contribution in [2.75, 3.05) is 18.5 Å². The van der Waals surface area contributed by atoms with Crippen molar-refractivity contribution in [3.05, 3.63) is 11.8 Å². The largest absolute Gasteiger partial charge is 0.396 e. The lowest BCUT2D eigenvalue weighted by Gasteiger charge is -2.24. The van der Waals surface area contributed by atoms with E-state index in [0.29, 0.717) is 5.92 Å². The first kappa shape index (κ1) is 11.5. The second-order valence-electron chi connectivity index (χ2n) is 5.61. The van der Waals surface area contributed by atoms with Gasteiger partial charge in [0.25, 0.3) is 0 Å². The molecule has 0 bridgehead atoms. The Hall–Kier alpha value is -1.03. The van der Waals surface area contributed by atoms with Crippen LogP contribution in [-0.4, -0.2) is 28.0 Å². The van der Waals surface area contributed by atoms with E-state index in [2.05, 4.69) is 37.3 Å². The van der Waals surface area contributed by atoms with Gasteiger partial charge in [-0.25, -0.2) is 4.68 Å². The molecule has 1 aromatic rings. The zero-order chi connectivity index (χ0) is 11.8. The van der Waals surface area contributed by atoms with Crippen molar-refractivity contribution in [2.45, 2.75) is 39.2 Å². The lowest BCUT2D eigenvalue weighted by molar-refractivity contribution is 0.244. The number of hydrogen-bond donors (Lipinski definition) is 2. The SMILES string of the molecule is CC(C)(C)c1cc2n(n1)CC(CCO)CN2. The van der Waals surface area contributed by atoms with Crippen LogP contribution < -0.4 is 5.32 Å². The van der Waals surface area contributed by atoms with Crippen molar-refractivity contribution in [1.82, 2.24) is 9.78 Å². The zero-order valence-electron chi connectivity index (χ0n) is 10.3. The fourth-order valence-electron chi connectivity index (χ4n) is 2.00. The molecule has 2 heterocycles. The second-order valence-corrected chi connectivity index (χ2v) is 5.61. The summed E-state index contributed by atoms with van der Waals surface area (Å²) in [6.45, 7) is 8.63. The van der Waals surface area contributed by atoms with Crippen LogP contribution in [0.15, 0.2) is 6.07 Å². The molecule has 4 heteroatoms. The fourth-order valence-corrected chi connectivity index (χ4v) is 2.00. The number of nitrogens with zero attached hydrogens (tertiary/aromatic N) is 2. The molecule has 16 heavy (non-hydrogen) atoms. The zero-order valence-corrected chi connectivity index (χ0v) is 10.3. The number of aliphatic hydroxyl groups is 1. The van der Waals surface area contributed by atoms with Crippen molar-refractivity contribution in [1.29, 1.82) is 0 Å². The molecule has 1 aromatic heterocycles. The Labute approximate surface area is 96.7 Å². The number of rotatable bonds is 2.